The van der Waals surface area contributed by atoms with Crippen molar-refractivity contribution in [2.24, 2.45) is 0 Å². The normalized spacial score (nSPS) is 12.4. The van der Waals surface area contributed by atoms with Crippen LogP contribution < -0.4 is 0 Å². The van der Waals surface area contributed by atoms with Crippen LogP contribution in [0.3, 0.4) is 0 Å². The van der Waals surface area contributed by atoms with Gasteiger partial charge in [-0.3, -0.25) is 4.79 Å². The van der Waals surface area contributed by atoms with Gasteiger partial charge in [-0.1, -0.05) is 129 Å². The number of hydrogen-bond acceptors (Lipinski definition) is 2. The van der Waals surface area contributed by atoms with E-state index in [1.807, 2.05) is 0 Å². The van der Waals surface area contributed by atoms with Crippen molar-refractivity contribution in [1.82, 2.24) is 0 Å². The van der Waals surface area contributed by atoms with E-state index in [0.29, 0.717) is 12.2 Å². The summed E-state index contributed by atoms with van der Waals surface area (Å²) in [6, 6.07) is 0. The Hall–Kier alpha value is -0.370. The van der Waals surface area contributed by atoms with E-state index >= 15 is 0 Å². The van der Waals surface area contributed by atoms with Gasteiger partial charge in [-0.25, -0.2) is 0 Å². The lowest BCUT2D eigenvalue weighted by atomic mass is 10.0. The second kappa shape index (κ2) is 24.9. The van der Waals surface area contributed by atoms with E-state index in [0.717, 1.165) is 44.9 Å². The van der Waals surface area contributed by atoms with E-state index in [9.17, 15) is 9.90 Å². The fourth-order valence-electron chi connectivity index (χ4n) is 4.29. The second-order valence-corrected chi connectivity index (χ2v) is 9.63. The van der Waals surface area contributed by atoms with E-state index in [1.54, 1.807) is 0 Å². The van der Waals surface area contributed by atoms with Crippen LogP contribution in [-0.4, -0.2) is 17.0 Å². The van der Waals surface area contributed by atoms with Gasteiger partial charge in [-0.05, 0) is 25.7 Å². The molecule has 0 saturated heterocycles. The first kappa shape index (κ1) is 29.6. The number of aliphatic hydroxyl groups is 1. The molecule has 0 aromatic rings. The predicted molar refractivity (Wildman–Crippen MR) is 133 cm³/mol. The average Bonchev–Trinajstić information content (AvgIpc) is 2.74. The van der Waals surface area contributed by atoms with Crippen molar-refractivity contribution < 1.29 is 9.90 Å². The van der Waals surface area contributed by atoms with Gasteiger partial charge in [0.05, 0.1) is 6.10 Å². The lowest BCUT2D eigenvalue weighted by Gasteiger charge is -2.09. The highest BCUT2D eigenvalue weighted by Crippen LogP contribution is 2.15. The number of ketones is 1. The molecule has 1 N–H and O–H groups in total. The van der Waals surface area contributed by atoms with Crippen LogP contribution in [0.2, 0.25) is 0 Å². The van der Waals surface area contributed by atoms with Crippen LogP contribution in [-0.2, 0) is 4.79 Å². The van der Waals surface area contributed by atoms with Crippen molar-refractivity contribution in [3.05, 3.63) is 0 Å². The SMILES string of the molecule is CCCCCCCCCCCCCCCCCCCC(=O)CCCC(O)CCCC. The first-order valence-electron chi connectivity index (χ1n) is 13.9. The molecule has 0 saturated carbocycles. The zero-order valence-electron chi connectivity index (χ0n) is 20.9. The van der Waals surface area contributed by atoms with Crippen LogP contribution in [0.1, 0.15) is 168 Å². The van der Waals surface area contributed by atoms with Gasteiger partial charge in [-0.2, -0.15) is 0 Å². The summed E-state index contributed by atoms with van der Waals surface area (Å²) in [5.74, 6) is 0.402. The van der Waals surface area contributed by atoms with Crippen LogP contribution >= 0.6 is 0 Å². The lowest BCUT2D eigenvalue weighted by molar-refractivity contribution is -0.119. The molecule has 1 unspecified atom stereocenters. The quantitative estimate of drug-likeness (QED) is 0.148. The first-order chi connectivity index (χ1) is 14.7. The molecule has 0 aromatic heterocycles. The van der Waals surface area contributed by atoms with Crippen LogP contribution in [0.25, 0.3) is 0 Å². The Morgan fingerprint density at radius 1 is 0.500 bits per heavy atom. The average molecular weight is 425 g/mol. The van der Waals surface area contributed by atoms with E-state index in [2.05, 4.69) is 13.8 Å². The highest BCUT2D eigenvalue weighted by molar-refractivity contribution is 5.78. The number of Topliss-reactive ketones (excluding diaryl/α,β-unsaturated/α-hetero) is 1. The lowest BCUT2D eigenvalue weighted by Crippen LogP contribution is -2.07. The van der Waals surface area contributed by atoms with Gasteiger partial charge in [0.15, 0.2) is 0 Å². The molecule has 0 aliphatic rings. The molecule has 2 heteroatoms. The molecule has 0 spiro atoms. The first-order valence-corrected chi connectivity index (χ1v) is 13.9. The van der Waals surface area contributed by atoms with Crippen molar-refractivity contribution in [2.45, 2.75) is 174 Å². The molecule has 0 fully saturated rings. The molecule has 0 amide bonds. The molecule has 0 bridgehead atoms. The Kier molecular flexibility index (Phi) is 24.6. The number of aliphatic hydroxyl groups excluding tert-OH is 1. The minimum atomic E-state index is -0.196. The fourth-order valence-corrected chi connectivity index (χ4v) is 4.29. The second-order valence-electron chi connectivity index (χ2n) is 9.63. The summed E-state index contributed by atoms with van der Waals surface area (Å²) in [5, 5.41) is 9.81. The summed E-state index contributed by atoms with van der Waals surface area (Å²) in [7, 11) is 0. The van der Waals surface area contributed by atoms with Crippen LogP contribution in [0.5, 0.6) is 0 Å². The summed E-state index contributed by atoms with van der Waals surface area (Å²) < 4.78 is 0. The van der Waals surface area contributed by atoms with Crippen molar-refractivity contribution in [3.8, 4) is 0 Å². The molecular formula is C28H56O2. The number of rotatable bonds is 25. The zero-order valence-corrected chi connectivity index (χ0v) is 20.9. The molecule has 180 valence electrons. The summed E-state index contributed by atoms with van der Waals surface area (Å²) in [6.07, 6.45) is 29.4. The highest BCUT2D eigenvalue weighted by Gasteiger charge is 2.06. The number of hydrogen-bond donors (Lipinski definition) is 1. The Labute approximate surface area is 190 Å². The fraction of sp³-hybridized carbons (Fsp3) is 0.964. The molecule has 30 heavy (non-hydrogen) atoms. The predicted octanol–water partition coefficient (Wildman–Crippen LogP) is 9.32. The maximum Gasteiger partial charge on any atom is 0.132 e. The number of carbonyl (C=O) groups excluding carboxylic acids is 1. The Bertz CT molecular complexity index is 340. The third-order valence-corrected chi connectivity index (χ3v) is 6.44. The van der Waals surface area contributed by atoms with Gasteiger partial charge in [0.25, 0.3) is 0 Å². The van der Waals surface area contributed by atoms with Crippen molar-refractivity contribution >= 4 is 5.78 Å². The van der Waals surface area contributed by atoms with Crippen LogP contribution in [0.15, 0.2) is 0 Å². The van der Waals surface area contributed by atoms with Crippen LogP contribution in [0, 0.1) is 0 Å². The van der Waals surface area contributed by atoms with E-state index in [4.69, 9.17) is 0 Å². The summed E-state index contributed by atoms with van der Waals surface area (Å²) >= 11 is 0. The van der Waals surface area contributed by atoms with Gasteiger partial charge in [0.2, 0.25) is 0 Å². The Morgan fingerprint density at radius 2 is 0.833 bits per heavy atom. The standard InChI is InChI=1S/C28H56O2/c1-3-5-7-8-9-10-11-12-13-14-15-16-17-18-19-20-21-24-28(30)26-22-25-27(29)23-6-4-2/h27,29H,3-26H2,1-2H3. The van der Waals surface area contributed by atoms with Crippen molar-refractivity contribution in [2.75, 3.05) is 0 Å². The third kappa shape index (κ3) is 23.9. The maximum atomic E-state index is 11.9. The number of unbranched alkanes of at least 4 members (excludes halogenated alkanes) is 17. The topological polar surface area (TPSA) is 37.3 Å². The molecule has 0 heterocycles. The third-order valence-electron chi connectivity index (χ3n) is 6.44. The molecule has 0 aliphatic carbocycles. The monoisotopic (exact) mass is 424 g/mol. The minimum Gasteiger partial charge on any atom is -0.393 e. The molecule has 0 aliphatic heterocycles. The van der Waals surface area contributed by atoms with Crippen molar-refractivity contribution in [1.29, 1.82) is 0 Å². The molecular weight excluding hydrogens is 368 g/mol. The molecule has 2 nitrogen and oxygen atoms in total. The van der Waals surface area contributed by atoms with Gasteiger partial charge in [-0.15, -0.1) is 0 Å². The minimum absolute atomic E-state index is 0.196. The zero-order chi connectivity index (χ0) is 22.1. The summed E-state index contributed by atoms with van der Waals surface area (Å²) in [6.45, 7) is 4.43. The Balaban J connectivity index is 3.17. The molecule has 0 rings (SSSR count). The maximum absolute atomic E-state index is 11.9. The highest BCUT2D eigenvalue weighted by atomic mass is 16.3. The smallest absolute Gasteiger partial charge is 0.132 e. The van der Waals surface area contributed by atoms with Gasteiger partial charge < -0.3 is 5.11 Å². The summed E-state index contributed by atoms with van der Waals surface area (Å²) in [4.78, 5) is 11.9. The van der Waals surface area contributed by atoms with E-state index in [-0.39, 0.29) is 6.10 Å². The molecule has 1 atom stereocenters. The van der Waals surface area contributed by atoms with Gasteiger partial charge >= 0.3 is 0 Å². The Morgan fingerprint density at radius 3 is 1.27 bits per heavy atom. The van der Waals surface area contributed by atoms with Gasteiger partial charge in [0.1, 0.15) is 5.78 Å². The van der Waals surface area contributed by atoms with Gasteiger partial charge in [0, 0.05) is 12.8 Å². The number of carbonyl (C=O) groups is 1. The largest absolute Gasteiger partial charge is 0.393 e. The molecule has 0 aromatic carbocycles. The van der Waals surface area contributed by atoms with E-state index in [1.165, 1.54) is 103 Å². The van der Waals surface area contributed by atoms with Crippen molar-refractivity contribution in [3.63, 3.8) is 0 Å². The van der Waals surface area contributed by atoms with E-state index < -0.39 is 0 Å². The molecule has 0 radical (unpaired) electrons. The summed E-state index contributed by atoms with van der Waals surface area (Å²) in [5.41, 5.74) is 0. The van der Waals surface area contributed by atoms with Crippen LogP contribution in [0.4, 0.5) is 0 Å².